The smallest absolute Gasteiger partial charge is 0.337 e. The first-order valence-corrected chi connectivity index (χ1v) is 10.3. The van der Waals surface area contributed by atoms with E-state index in [0.29, 0.717) is 11.1 Å². The number of ether oxygens (including phenoxy) is 4. The SMILES string of the molecule is COC(=O)c1ccc(Oc2c(F)c(C#N)c(C#N)c(F)c2Oc2ccc(C(=O)OC)cc2C)c(C)c1. The van der Waals surface area contributed by atoms with Gasteiger partial charge in [-0.25, -0.2) is 18.4 Å². The summed E-state index contributed by atoms with van der Waals surface area (Å²) >= 11 is 0. The van der Waals surface area contributed by atoms with Crippen LogP contribution in [0.5, 0.6) is 23.0 Å². The molecule has 3 rings (SSSR count). The summed E-state index contributed by atoms with van der Waals surface area (Å²) < 4.78 is 51.3. The van der Waals surface area contributed by atoms with Crippen LogP contribution in [0.1, 0.15) is 43.0 Å². The monoisotopic (exact) mass is 492 g/mol. The molecule has 0 aliphatic heterocycles. The minimum atomic E-state index is -1.31. The third-order valence-corrected chi connectivity index (χ3v) is 5.13. The van der Waals surface area contributed by atoms with Crippen LogP contribution in [-0.4, -0.2) is 26.2 Å². The lowest BCUT2D eigenvalue weighted by atomic mass is 10.1. The second-order valence-corrected chi connectivity index (χ2v) is 7.41. The van der Waals surface area contributed by atoms with E-state index in [2.05, 4.69) is 9.47 Å². The molecule has 3 aromatic carbocycles. The maximum atomic E-state index is 15.4. The zero-order valence-corrected chi connectivity index (χ0v) is 19.6. The third-order valence-electron chi connectivity index (χ3n) is 5.13. The second kappa shape index (κ2) is 10.5. The van der Waals surface area contributed by atoms with Crippen molar-refractivity contribution in [1.29, 1.82) is 10.5 Å². The quantitative estimate of drug-likeness (QED) is 0.415. The Morgan fingerprint density at radius 3 is 1.36 bits per heavy atom. The van der Waals surface area contributed by atoms with Crippen molar-refractivity contribution < 1.29 is 37.3 Å². The van der Waals surface area contributed by atoms with Crippen molar-refractivity contribution in [2.75, 3.05) is 14.2 Å². The number of hydrogen-bond acceptors (Lipinski definition) is 8. The maximum Gasteiger partial charge on any atom is 0.337 e. The van der Waals surface area contributed by atoms with Crippen LogP contribution in [0, 0.1) is 48.1 Å². The molecule has 0 atom stereocenters. The number of hydrogen-bond donors (Lipinski definition) is 0. The Bertz CT molecular complexity index is 1360. The van der Waals surface area contributed by atoms with Crippen molar-refractivity contribution in [3.63, 3.8) is 0 Å². The van der Waals surface area contributed by atoms with Crippen molar-refractivity contribution >= 4 is 11.9 Å². The average Bonchev–Trinajstić information content (AvgIpc) is 2.88. The van der Waals surface area contributed by atoms with Gasteiger partial charge in [-0.1, -0.05) is 0 Å². The van der Waals surface area contributed by atoms with E-state index >= 15 is 8.78 Å². The second-order valence-electron chi connectivity index (χ2n) is 7.41. The van der Waals surface area contributed by atoms with Crippen molar-refractivity contribution in [2.24, 2.45) is 0 Å². The lowest BCUT2D eigenvalue weighted by Crippen LogP contribution is -2.06. The molecule has 182 valence electrons. The van der Waals surface area contributed by atoms with Crippen molar-refractivity contribution in [3.05, 3.63) is 81.4 Å². The van der Waals surface area contributed by atoms with Crippen molar-refractivity contribution in [2.45, 2.75) is 13.8 Å². The molecule has 3 aromatic rings. The highest BCUT2D eigenvalue weighted by Gasteiger charge is 2.29. The van der Waals surface area contributed by atoms with Crippen LogP contribution in [0.15, 0.2) is 36.4 Å². The summed E-state index contributed by atoms with van der Waals surface area (Å²) in [5, 5.41) is 18.7. The number of halogens is 2. The summed E-state index contributed by atoms with van der Waals surface area (Å²) in [7, 11) is 2.42. The summed E-state index contributed by atoms with van der Waals surface area (Å²) in [6.07, 6.45) is 0. The molecule has 0 bridgehead atoms. The van der Waals surface area contributed by atoms with E-state index in [-0.39, 0.29) is 22.6 Å². The van der Waals surface area contributed by atoms with Crippen LogP contribution in [0.2, 0.25) is 0 Å². The molecule has 0 fully saturated rings. The van der Waals surface area contributed by atoms with Crippen LogP contribution in [0.3, 0.4) is 0 Å². The number of nitrogens with zero attached hydrogens (tertiary/aromatic N) is 2. The number of carbonyl (C=O) groups is 2. The van der Waals surface area contributed by atoms with E-state index < -0.39 is 46.2 Å². The highest BCUT2D eigenvalue weighted by Crippen LogP contribution is 2.44. The number of benzene rings is 3. The summed E-state index contributed by atoms with van der Waals surface area (Å²) in [5.74, 6) is -5.36. The van der Waals surface area contributed by atoms with Crippen LogP contribution in [-0.2, 0) is 9.47 Å². The lowest BCUT2D eigenvalue weighted by Gasteiger charge is -2.18. The first kappa shape index (κ1) is 25.7. The Labute approximate surface area is 204 Å². The van der Waals surface area contributed by atoms with Crippen LogP contribution < -0.4 is 9.47 Å². The van der Waals surface area contributed by atoms with Gasteiger partial charge in [0.15, 0.2) is 11.6 Å². The van der Waals surface area contributed by atoms with Gasteiger partial charge in [0.2, 0.25) is 11.5 Å². The Kier molecular flexibility index (Phi) is 7.51. The molecule has 10 heteroatoms. The molecule has 0 unspecified atom stereocenters. The summed E-state index contributed by atoms with van der Waals surface area (Å²) in [6.45, 7) is 3.11. The Morgan fingerprint density at radius 1 is 0.722 bits per heavy atom. The largest absolute Gasteiger partial charge is 0.465 e. The van der Waals surface area contributed by atoms with Gasteiger partial charge < -0.3 is 18.9 Å². The molecule has 0 radical (unpaired) electrons. The molecule has 0 aliphatic carbocycles. The van der Waals surface area contributed by atoms with Gasteiger partial charge in [0.05, 0.1) is 25.3 Å². The molecule has 0 N–H and O–H groups in total. The molecular formula is C26H18F2N2O6. The predicted molar refractivity (Wildman–Crippen MR) is 121 cm³/mol. The van der Waals surface area contributed by atoms with Gasteiger partial charge >= 0.3 is 11.9 Å². The molecule has 0 saturated heterocycles. The molecule has 36 heavy (non-hydrogen) atoms. The number of esters is 2. The third kappa shape index (κ3) is 4.79. The average molecular weight is 492 g/mol. The minimum absolute atomic E-state index is 0.0251. The molecule has 0 spiro atoms. The molecular weight excluding hydrogens is 474 g/mol. The van der Waals surface area contributed by atoms with Gasteiger partial charge in [-0.15, -0.1) is 0 Å². The van der Waals surface area contributed by atoms with Gasteiger partial charge in [-0.2, -0.15) is 10.5 Å². The number of aryl methyl sites for hydroxylation is 2. The molecule has 8 nitrogen and oxygen atoms in total. The molecule has 0 aliphatic rings. The van der Waals surface area contributed by atoms with E-state index in [1.54, 1.807) is 13.8 Å². The van der Waals surface area contributed by atoms with Crippen molar-refractivity contribution in [3.8, 4) is 35.1 Å². The standard InChI is InChI=1S/C26H18F2N2O6/c1-13-9-15(25(31)33-3)5-7-19(13)35-23-21(27)17(11-29)18(12-30)22(28)24(23)36-20-8-6-16(10-14(20)2)26(32)34-4/h5-10H,1-4H3. The van der Waals surface area contributed by atoms with E-state index in [9.17, 15) is 20.1 Å². The Hall–Kier alpha value is -4.96. The first-order chi connectivity index (χ1) is 17.2. The number of nitriles is 2. The van der Waals surface area contributed by atoms with Gasteiger partial charge in [0, 0.05) is 0 Å². The topological polar surface area (TPSA) is 119 Å². The number of rotatable bonds is 6. The van der Waals surface area contributed by atoms with Crippen LogP contribution in [0.25, 0.3) is 0 Å². The zero-order chi connectivity index (χ0) is 26.6. The normalized spacial score (nSPS) is 10.1. The van der Waals surface area contributed by atoms with Crippen LogP contribution in [0.4, 0.5) is 8.78 Å². The fourth-order valence-corrected chi connectivity index (χ4v) is 3.28. The zero-order valence-electron chi connectivity index (χ0n) is 19.6. The lowest BCUT2D eigenvalue weighted by molar-refractivity contribution is 0.0591. The maximum absolute atomic E-state index is 15.4. The minimum Gasteiger partial charge on any atom is -0.465 e. The van der Waals surface area contributed by atoms with E-state index in [4.69, 9.17) is 9.47 Å². The molecule has 0 heterocycles. The van der Waals surface area contributed by atoms with Gasteiger partial charge in [-0.05, 0) is 61.4 Å². The van der Waals surface area contributed by atoms with E-state index in [1.807, 2.05) is 0 Å². The highest BCUT2D eigenvalue weighted by atomic mass is 19.1. The number of carbonyl (C=O) groups excluding carboxylic acids is 2. The fourth-order valence-electron chi connectivity index (χ4n) is 3.28. The predicted octanol–water partition coefficient (Wildman–Crippen LogP) is 5.48. The highest BCUT2D eigenvalue weighted by molar-refractivity contribution is 5.90. The van der Waals surface area contributed by atoms with E-state index in [1.165, 1.54) is 62.8 Å². The Morgan fingerprint density at radius 2 is 1.08 bits per heavy atom. The Balaban J connectivity index is 2.17. The number of methoxy groups -OCH3 is 2. The van der Waals surface area contributed by atoms with Gasteiger partial charge in [0.1, 0.15) is 34.8 Å². The summed E-state index contributed by atoms with van der Waals surface area (Å²) in [5.41, 5.74) is -0.596. The van der Waals surface area contributed by atoms with Crippen molar-refractivity contribution in [1.82, 2.24) is 0 Å². The fraction of sp³-hybridized carbons (Fsp3) is 0.154. The molecule has 0 aromatic heterocycles. The summed E-state index contributed by atoms with van der Waals surface area (Å²) in [4.78, 5) is 23.5. The van der Waals surface area contributed by atoms with Gasteiger partial charge in [-0.3, -0.25) is 0 Å². The van der Waals surface area contributed by atoms with E-state index in [0.717, 1.165) is 0 Å². The van der Waals surface area contributed by atoms with Crippen LogP contribution >= 0.6 is 0 Å². The van der Waals surface area contributed by atoms with Gasteiger partial charge in [0.25, 0.3) is 0 Å². The summed E-state index contributed by atoms with van der Waals surface area (Å²) in [6, 6.07) is 11.2. The molecule has 0 amide bonds. The first-order valence-electron chi connectivity index (χ1n) is 10.3. The molecule has 0 saturated carbocycles.